The third-order valence-corrected chi connectivity index (χ3v) is 6.46. The molecule has 1 aliphatic heterocycles. The van der Waals surface area contributed by atoms with Gasteiger partial charge in [-0.15, -0.1) is 0 Å². The first-order chi connectivity index (χ1) is 16.2. The molecule has 9 heteroatoms. The lowest BCUT2D eigenvalue weighted by Crippen LogP contribution is -2.22. The van der Waals surface area contributed by atoms with E-state index in [-0.39, 0.29) is 59.9 Å². The first-order valence-electron chi connectivity index (χ1n) is 11.7. The number of hydrogen-bond acceptors (Lipinski definition) is 7. The molecule has 0 amide bonds. The van der Waals surface area contributed by atoms with Gasteiger partial charge in [0.1, 0.15) is 19.3 Å². The zero-order valence-electron chi connectivity index (χ0n) is 19.6. The maximum absolute atomic E-state index is 13.9. The van der Waals surface area contributed by atoms with Crippen LogP contribution in [-0.4, -0.2) is 67.0 Å². The van der Waals surface area contributed by atoms with Gasteiger partial charge in [0, 0.05) is 18.3 Å². The van der Waals surface area contributed by atoms with Crippen molar-refractivity contribution in [3.8, 4) is 5.75 Å². The smallest absolute Gasteiger partial charge is 0.332 e. The van der Waals surface area contributed by atoms with Crippen molar-refractivity contribution in [1.82, 2.24) is 0 Å². The summed E-state index contributed by atoms with van der Waals surface area (Å²) in [6.07, 6.45) is 3.80. The van der Waals surface area contributed by atoms with E-state index in [4.69, 9.17) is 30.5 Å². The number of halogens is 2. The molecule has 6 atom stereocenters. The second kappa shape index (κ2) is 12.8. The van der Waals surface area contributed by atoms with Gasteiger partial charge in [-0.1, -0.05) is 29.8 Å². The molecule has 1 saturated carbocycles. The van der Waals surface area contributed by atoms with Gasteiger partial charge in [-0.3, -0.25) is 0 Å². The fourth-order valence-corrected chi connectivity index (χ4v) is 4.70. The van der Waals surface area contributed by atoms with Crippen molar-refractivity contribution in [1.29, 1.82) is 0 Å². The van der Waals surface area contributed by atoms with Crippen LogP contribution in [-0.2, 0) is 19.0 Å². The Hall–Kier alpha value is -1.71. The lowest BCUT2D eigenvalue weighted by atomic mass is 9.87. The molecule has 0 radical (unpaired) electrons. The number of fused-ring (bicyclic) bond motifs is 1. The van der Waals surface area contributed by atoms with Crippen LogP contribution in [0, 0.1) is 23.6 Å². The molecule has 1 aromatic carbocycles. The Morgan fingerprint density at radius 2 is 2.15 bits per heavy atom. The summed E-state index contributed by atoms with van der Waals surface area (Å²) in [7, 11) is 0. The SMILES string of the molecule is CC(C)OC(=O)COC[C@H]1CC[C@@H]2[C@@H](/C=C/[C@@H](O)COc3cccc(Cl)c3F)[C@H](O)C[C@@H]2OC1. The molecule has 3 rings (SSSR count). The standard InChI is InChI=1S/C25H34ClFO7/c1-15(2)34-24(30)14-31-11-16-6-8-19-18(21(29)10-23(19)32-12-16)9-7-17(28)13-33-22-5-3-4-20(26)25(22)27/h3-5,7,9,15-19,21,23,28-29H,6,8,10-14H2,1-2H3/b9-7+/t16-,17-,18-,19-,21-,23+/m1/s1. The second-order valence-corrected chi connectivity index (χ2v) is 9.64. The molecule has 7 nitrogen and oxygen atoms in total. The average molecular weight is 501 g/mol. The number of aliphatic hydroxyl groups excluding tert-OH is 2. The summed E-state index contributed by atoms with van der Waals surface area (Å²) < 4.78 is 35.9. The number of benzene rings is 1. The average Bonchev–Trinajstić information content (AvgIpc) is 2.94. The highest BCUT2D eigenvalue weighted by Gasteiger charge is 2.43. The normalized spacial score (nSPS) is 28.0. The van der Waals surface area contributed by atoms with Crippen LogP contribution in [0.15, 0.2) is 30.4 Å². The molecule has 1 aliphatic carbocycles. The van der Waals surface area contributed by atoms with Crippen LogP contribution < -0.4 is 4.74 Å². The van der Waals surface area contributed by atoms with Crippen molar-refractivity contribution >= 4 is 17.6 Å². The summed E-state index contributed by atoms with van der Waals surface area (Å²) >= 11 is 5.74. The Morgan fingerprint density at radius 1 is 1.35 bits per heavy atom. The number of hydrogen-bond donors (Lipinski definition) is 2. The van der Waals surface area contributed by atoms with Gasteiger partial charge >= 0.3 is 5.97 Å². The molecule has 2 aliphatic rings. The van der Waals surface area contributed by atoms with Crippen LogP contribution in [0.5, 0.6) is 5.75 Å². The van der Waals surface area contributed by atoms with E-state index in [0.717, 1.165) is 12.8 Å². The third kappa shape index (κ3) is 7.65. The molecule has 0 bridgehead atoms. The summed E-state index contributed by atoms with van der Waals surface area (Å²) in [4.78, 5) is 11.6. The zero-order chi connectivity index (χ0) is 24.7. The fourth-order valence-electron chi connectivity index (χ4n) is 4.54. The largest absolute Gasteiger partial charge is 0.487 e. The molecule has 1 aromatic rings. The Bertz CT molecular complexity index is 833. The van der Waals surface area contributed by atoms with E-state index in [0.29, 0.717) is 19.6 Å². The molecule has 2 fully saturated rings. The van der Waals surface area contributed by atoms with Gasteiger partial charge < -0.3 is 29.2 Å². The molecular weight excluding hydrogens is 467 g/mol. The van der Waals surface area contributed by atoms with E-state index in [1.165, 1.54) is 12.1 Å². The van der Waals surface area contributed by atoms with E-state index < -0.39 is 18.0 Å². The first-order valence-corrected chi connectivity index (χ1v) is 12.1. The molecule has 0 unspecified atom stereocenters. The minimum atomic E-state index is -0.969. The minimum absolute atomic E-state index is 0.0242. The van der Waals surface area contributed by atoms with Crippen LogP contribution in [0.1, 0.15) is 33.1 Å². The molecule has 34 heavy (non-hydrogen) atoms. The van der Waals surface area contributed by atoms with Gasteiger partial charge in [0.15, 0.2) is 11.6 Å². The maximum atomic E-state index is 13.9. The van der Waals surface area contributed by atoms with Crippen LogP contribution >= 0.6 is 11.6 Å². The lowest BCUT2D eigenvalue weighted by Gasteiger charge is -2.21. The third-order valence-electron chi connectivity index (χ3n) is 6.17. The Kier molecular flexibility index (Phi) is 10.2. The van der Waals surface area contributed by atoms with Crippen molar-refractivity contribution in [2.75, 3.05) is 26.4 Å². The van der Waals surface area contributed by atoms with Gasteiger partial charge in [0.25, 0.3) is 0 Å². The lowest BCUT2D eigenvalue weighted by molar-refractivity contribution is -0.153. The van der Waals surface area contributed by atoms with Gasteiger partial charge in [0.05, 0.1) is 36.5 Å². The topological polar surface area (TPSA) is 94.5 Å². The molecule has 1 heterocycles. The molecule has 2 N–H and O–H groups in total. The number of carbonyl (C=O) groups excluding carboxylic acids is 1. The zero-order valence-corrected chi connectivity index (χ0v) is 20.3. The van der Waals surface area contributed by atoms with E-state index in [1.807, 2.05) is 0 Å². The summed E-state index contributed by atoms with van der Waals surface area (Å²) in [5, 5.41) is 20.8. The van der Waals surface area contributed by atoms with E-state index >= 15 is 0 Å². The molecule has 0 aromatic heterocycles. The number of esters is 1. The molecule has 190 valence electrons. The number of rotatable bonds is 10. The number of ether oxygens (including phenoxy) is 4. The van der Waals surface area contributed by atoms with Gasteiger partial charge in [0.2, 0.25) is 0 Å². The first kappa shape index (κ1) is 26.9. The maximum Gasteiger partial charge on any atom is 0.332 e. The highest BCUT2D eigenvalue weighted by molar-refractivity contribution is 6.30. The van der Waals surface area contributed by atoms with Crippen molar-refractivity contribution in [2.24, 2.45) is 17.8 Å². The Labute approximate surface area is 204 Å². The van der Waals surface area contributed by atoms with E-state index in [2.05, 4.69) is 0 Å². The number of carbonyl (C=O) groups is 1. The number of aliphatic hydroxyl groups is 2. The van der Waals surface area contributed by atoms with Gasteiger partial charge in [-0.25, -0.2) is 9.18 Å². The van der Waals surface area contributed by atoms with Crippen LogP contribution in [0.25, 0.3) is 0 Å². The van der Waals surface area contributed by atoms with E-state index in [9.17, 15) is 19.4 Å². The predicted molar refractivity (Wildman–Crippen MR) is 124 cm³/mol. The van der Waals surface area contributed by atoms with Crippen molar-refractivity contribution in [3.63, 3.8) is 0 Å². The van der Waals surface area contributed by atoms with Crippen molar-refractivity contribution in [3.05, 3.63) is 41.2 Å². The Morgan fingerprint density at radius 3 is 2.91 bits per heavy atom. The highest BCUT2D eigenvalue weighted by Crippen LogP contribution is 2.41. The minimum Gasteiger partial charge on any atom is -0.487 e. The van der Waals surface area contributed by atoms with Gasteiger partial charge in [-0.05, 0) is 44.7 Å². The molecular formula is C25H34ClFO7. The quantitative estimate of drug-likeness (QED) is 0.375. The van der Waals surface area contributed by atoms with Crippen molar-refractivity contribution < 1.29 is 38.3 Å². The van der Waals surface area contributed by atoms with Crippen molar-refractivity contribution in [2.45, 2.75) is 57.5 Å². The van der Waals surface area contributed by atoms with Crippen LogP contribution in [0.3, 0.4) is 0 Å². The monoisotopic (exact) mass is 500 g/mol. The molecule has 0 spiro atoms. The molecule has 1 saturated heterocycles. The Balaban J connectivity index is 1.47. The van der Waals surface area contributed by atoms with E-state index in [1.54, 1.807) is 32.1 Å². The predicted octanol–water partition coefficient (Wildman–Crippen LogP) is 3.54. The highest BCUT2D eigenvalue weighted by atomic mass is 35.5. The summed E-state index contributed by atoms with van der Waals surface area (Å²) in [5.74, 6) is -0.964. The van der Waals surface area contributed by atoms with Crippen LogP contribution in [0.4, 0.5) is 4.39 Å². The summed E-state index contributed by atoms with van der Waals surface area (Å²) in [6, 6.07) is 4.43. The summed E-state index contributed by atoms with van der Waals surface area (Å²) in [6.45, 7) is 4.28. The van der Waals surface area contributed by atoms with Crippen LogP contribution in [0.2, 0.25) is 5.02 Å². The summed E-state index contributed by atoms with van der Waals surface area (Å²) in [5.41, 5.74) is 0. The fraction of sp³-hybridized carbons (Fsp3) is 0.640. The second-order valence-electron chi connectivity index (χ2n) is 9.23. The van der Waals surface area contributed by atoms with Gasteiger partial charge in [-0.2, -0.15) is 0 Å².